The molecule has 0 amide bonds. The number of hydrogen-bond acceptors (Lipinski definition) is 0. The molecule has 12 heavy (non-hydrogen) atoms. The summed E-state index contributed by atoms with van der Waals surface area (Å²) in [6.07, 6.45) is 2.81. The van der Waals surface area contributed by atoms with Gasteiger partial charge in [0.05, 0.1) is 5.02 Å². The molecule has 0 N–H and O–H groups in total. The molecule has 0 aliphatic heterocycles. The minimum atomic E-state index is 0.450. The smallest absolute Gasteiger partial charge is 0.0518 e. The Balaban J connectivity index is 3.22. The highest BCUT2D eigenvalue weighted by molar-refractivity contribution is 6.32. The van der Waals surface area contributed by atoms with E-state index in [1.807, 2.05) is 18.2 Å². The van der Waals surface area contributed by atoms with Crippen LogP contribution in [0.25, 0.3) is 0 Å². The van der Waals surface area contributed by atoms with Gasteiger partial charge in [-0.2, -0.15) is 0 Å². The van der Waals surface area contributed by atoms with Gasteiger partial charge in [0.25, 0.3) is 0 Å². The molecule has 1 radical (unpaired) electrons. The van der Waals surface area contributed by atoms with Crippen LogP contribution < -0.4 is 0 Å². The largest absolute Gasteiger partial charge is 0.0905 e. The molecule has 0 bridgehead atoms. The maximum Gasteiger partial charge on any atom is 0.0518 e. The Bertz CT molecular complexity index is 287. The Morgan fingerprint density at radius 3 is 2.58 bits per heavy atom. The van der Waals surface area contributed by atoms with Crippen LogP contribution >= 0.6 is 11.6 Å². The van der Waals surface area contributed by atoms with Gasteiger partial charge in [0.2, 0.25) is 0 Å². The normalized spacial score (nSPS) is 10.3. The molecule has 1 aromatic rings. The number of halogens is 1. The Hall–Kier alpha value is -0.750. The van der Waals surface area contributed by atoms with Gasteiger partial charge in [-0.25, -0.2) is 0 Å². The summed E-state index contributed by atoms with van der Waals surface area (Å²) in [4.78, 5) is 0. The summed E-state index contributed by atoms with van der Waals surface area (Å²) in [5.41, 5.74) is 2.05. The van der Waals surface area contributed by atoms with Crippen LogP contribution in [0.5, 0.6) is 0 Å². The zero-order chi connectivity index (χ0) is 9.14. The van der Waals surface area contributed by atoms with Crippen molar-refractivity contribution >= 4 is 11.6 Å². The monoisotopic (exact) mass is 179 g/mol. The van der Waals surface area contributed by atoms with Crippen LogP contribution in [0.1, 0.15) is 30.9 Å². The quantitative estimate of drug-likeness (QED) is 0.648. The van der Waals surface area contributed by atoms with Crippen LogP contribution in [-0.2, 0) is 0 Å². The predicted molar refractivity (Wildman–Crippen MR) is 53.5 cm³/mol. The van der Waals surface area contributed by atoms with Gasteiger partial charge in [-0.1, -0.05) is 50.2 Å². The van der Waals surface area contributed by atoms with Gasteiger partial charge < -0.3 is 0 Å². The van der Waals surface area contributed by atoms with Gasteiger partial charge in [-0.05, 0) is 17.6 Å². The van der Waals surface area contributed by atoms with Gasteiger partial charge in [0.15, 0.2) is 0 Å². The van der Waals surface area contributed by atoms with E-state index in [0.29, 0.717) is 5.92 Å². The Morgan fingerprint density at radius 2 is 2.08 bits per heavy atom. The van der Waals surface area contributed by atoms with Crippen molar-refractivity contribution in [3.05, 3.63) is 47.0 Å². The summed E-state index contributed by atoms with van der Waals surface area (Å²) in [6.45, 7) is 7.82. The molecular weight excluding hydrogens is 168 g/mol. The van der Waals surface area contributed by atoms with Gasteiger partial charge >= 0.3 is 0 Å². The van der Waals surface area contributed by atoms with Gasteiger partial charge in [-0.15, -0.1) is 0 Å². The van der Waals surface area contributed by atoms with Crippen molar-refractivity contribution in [3.63, 3.8) is 0 Å². The lowest BCUT2D eigenvalue weighted by molar-refractivity contribution is 0.866. The van der Waals surface area contributed by atoms with Crippen molar-refractivity contribution in [3.8, 4) is 0 Å². The van der Waals surface area contributed by atoms with E-state index in [0.717, 1.165) is 16.1 Å². The first kappa shape index (κ1) is 9.34. The van der Waals surface area contributed by atoms with Crippen LogP contribution in [0, 0.1) is 6.08 Å². The van der Waals surface area contributed by atoms with Crippen LogP contribution in [-0.4, -0.2) is 0 Å². The molecule has 0 atom stereocenters. The SMILES string of the molecule is C=[C]c1cccc(C(C)C)c1Cl. The number of rotatable bonds is 2. The van der Waals surface area contributed by atoms with Crippen molar-refractivity contribution in [2.24, 2.45) is 0 Å². The molecule has 0 heterocycles. The lowest BCUT2D eigenvalue weighted by Gasteiger charge is -2.09. The molecule has 63 valence electrons. The first-order valence-corrected chi connectivity index (χ1v) is 4.36. The third-order valence-corrected chi connectivity index (χ3v) is 2.26. The topological polar surface area (TPSA) is 0 Å². The fourth-order valence-corrected chi connectivity index (χ4v) is 1.54. The molecule has 0 unspecified atom stereocenters. The average Bonchev–Trinajstić information content (AvgIpc) is 2.04. The highest BCUT2D eigenvalue weighted by Gasteiger charge is 2.06. The molecule has 0 nitrogen and oxygen atoms in total. The van der Waals surface area contributed by atoms with Gasteiger partial charge in [0, 0.05) is 5.56 Å². The van der Waals surface area contributed by atoms with E-state index in [1.165, 1.54) is 0 Å². The second-order valence-electron chi connectivity index (χ2n) is 3.04. The van der Waals surface area contributed by atoms with Crippen LogP contribution in [0.2, 0.25) is 5.02 Å². The summed E-state index contributed by atoms with van der Waals surface area (Å²) < 4.78 is 0. The van der Waals surface area contributed by atoms with Crippen LogP contribution in [0.4, 0.5) is 0 Å². The maximum absolute atomic E-state index is 6.10. The third kappa shape index (κ3) is 1.70. The average molecular weight is 180 g/mol. The summed E-state index contributed by atoms with van der Waals surface area (Å²) in [7, 11) is 0. The Labute approximate surface area is 78.9 Å². The molecule has 1 heteroatoms. The lowest BCUT2D eigenvalue weighted by atomic mass is 10.0. The van der Waals surface area contributed by atoms with Crippen LogP contribution in [0.15, 0.2) is 24.8 Å². The second-order valence-corrected chi connectivity index (χ2v) is 3.42. The number of hydrogen-bond donors (Lipinski definition) is 0. The van der Waals surface area contributed by atoms with Crippen molar-refractivity contribution in [1.82, 2.24) is 0 Å². The van der Waals surface area contributed by atoms with E-state index in [1.54, 1.807) is 0 Å². The first-order chi connectivity index (χ1) is 5.66. The van der Waals surface area contributed by atoms with Crippen molar-refractivity contribution in [2.45, 2.75) is 19.8 Å². The molecule has 0 fully saturated rings. The van der Waals surface area contributed by atoms with Gasteiger partial charge in [0.1, 0.15) is 0 Å². The Morgan fingerprint density at radius 1 is 1.42 bits per heavy atom. The van der Waals surface area contributed by atoms with E-state index in [4.69, 9.17) is 11.6 Å². The third-order valence-electron chi connectivity index (χ3n) is 1.84. The predicted octanol–water partition coefficient (Wildman–Crippen LogP) is 3.80. The summed E-state index contributed by atoms with van der Waals surface area (Å²) in [5.74, 6) is 0.450. The lowest BCUT2D eigenvalue weighted by Crippen LogP contribution is -1.90. The fraction of sp³-hybridized carbons (Fsp3) is 0.273. The molecule has 1 aromatic carbocycles. The minimum absolute atomic E-state index is 0.450. The maximum atomic E-state index is 6.10. The van der Waals surface area contributed by atoms with Gasteiger partial charge in [-0.3, -0.25) is 0 Å². The zero-order valence-electron chi connectivity index (χ0n) is 7.39. The molecular formula is C11H12Cl. The van der Waals surface area contributed by atoms with Crippen molar-refractivity contribution in [2.75, 3.05) is 0 Å². The standard InChI is InChI=1S/C11H12Cl/c1-4-9-6-5-7-10(8(2)3)11(9)12/h5-8H,1H2,2-3H3. The molecule has 0 spiro atoms. The first-order valence-electron chi connectivity index (χ1n) is 3.98. The molecule has 0 aromatic heterocycles. The highest BCUT2D eigenvalue weighted by Crippen LogP contribution is 2.27. The highest BCUT2D eigenvalue weighted by atomic mass is 35.5. The Kier molecular flexibility index (Phi) is 2.93. The van der Waals surface area contributed by atoms with E-state index in [9.17, 15) is 0 Å². The van der Waals surface area contributed by atoms with E-state index >= 15 is 0 Å². The van der Waals surface area contributed by atoms with E-state index in [2.05, 4.69) is 26.5 Å². The molecule has 0 saturated carbocycles. The number of benzene rings is 1. The molecule has 0 saturated heterocycles. The molecule has 0 aliphatic rings. The summed E-state index contributed by atoms with van der Waals surface area (Å²) in [6, 6.07) is 5.93. The van der Waals surface area contributed by atoms with Crippen molar-refractivity contribution in [1.29, 1.82) is 0 Å². The summed E-state index contributed by atoms with van der Waals surface area (Å²) >= 11 is 6.10. The second kappa shape index (κ2) is 3.77. The molecule has 1 rings (SSSR count). The zero-order valence-corrected chi connectivity index (χ0v) is 8.15. The fourth-order valence-electron chi connectivity index (χ4n) is 1.13. The minimum Gasteiger partial charge on any atom is -0.0905 e. The molecule has 0 aliphatic carbocycles. The van der Waals surface area contributed by atoms with E-state index < -0.39 is 0 Å². The van der Waals surface area contributed by atoms with Crippen LogP contribution in [0.3, 0.4) is 0 Å². The van der Waals surface area contributed by atoms with E-state index in [-0.39, 0.29) is 0 Å². The summed E-state index contributed by atoms with van der Waals surface area (Å²) in [5, 5.41) is 0.780. The van der Waals surface area contributed by atoms with Crippen molar-refractivity contribution < 1.29 is 0 Å².